The Hall–Kier alpha value is -1.12. The fraction of sp³-hybridized carbons (Fsp3) is 0.667. The average molecular weight is 208 g/mol. The van der Waals surface area contributed by atoms with Gasteiger partial charge in [0.15, 0.2) is 5.78 Å². The van der Waals surface area contributed by atoms with Gasteiger partial charge >= 0.3 is 5.97 Å². The molecule has 0 spiro atoms. The minimum Gasteiger partial charge on any atom is -0.469 e. The number of ether oxygens (including phenoxy) is 1. The fourth-order valence-electron chi connectivity index (χ4n) is 2.69. The van der Waals surface area contributed by atoms with E-state index in [0.29, 0.717) is 12.3 Å². The van der Waals surface area contributed by atoms with Crippen molar-refractivity contribution < 1.29 is 14.3 Å². The molecule has 0 aliphatic heterocycles. The number of carbonyl (C=O) groups excluding carboxylic acids is 2. The van der Waals surface area contributed by atoms with E-state index < -0.39 is 0 Å². The zero-order valence-electron chi connectivity index (χ0n) is 8.94. The molecule has 0 aromatic carbocycles. The predicted octanol–water partition coefficient (Wildman–Crippen LogP) is 1.72. The number of allylic oxidation sites excluding steroid dienone is 2. The van der Waals surface area contributed by atoms with Crippen molar-refractivity contribution in [3.8, 4) is 0 Å². The van der Waals surface area contributed by atoms with E-state index in [4.69, 9.17) is 0 Å². The second-order valence-electron chi connectivity index (χ2n) is 4.48. The maximum Gasteiger partial charge on any atom is 0.305 e. The lowest BCUT2D eigenvalue weighted by Gasteiger charge is -2.35. The Morgan fingerprint density at radius 2 is 2.33 bits per heavy atom. The van der Waals surface area contributed by atoms with Crippen LogP contribution in [0.1, 0.15) is 25.7 Å². The summed E-state index contributed by atoms with van der Waals surface area (Å²) in [7, 11) is 1.40. The normalized spacial score (nSPS) is 33.9. The summed E-state index contributed by atoms with van der Waals surface area (Å²) in [6.45, 7) is 0. The zero-order chi connectivity index (χ0) is 10.8. The molecular formula is C12H16O3. The monoisotopic (exact) mass is 208 g/mol. The van der Waals surface area contributed by atoms with Crippen LogP contribution in [0.15, 0.2) is 12.2 Å². The maximum absolute atomic E-state index is 11.6. The number of ketones is 1. The fourth-order valence-corrected chi connectivity index (χ4v) is 2.69. The number of rotatable bonds is 2. The van der Waals surface area contributed by atoms with Gasteiger partial charge < -0.3 is 4.74 Å². The van der Waals surface area contributed by atoms with Crippen molar-refractivity contribution >= 4 is 11.8 Å². The van der Waals surface area contributed by atoms with Gasteiger partial charge in [-0.3, -0.25) is 9.59 Å². The molecule has 2 aliphatic rings. The van der Waals surface area contributed by atoms with Gasteiger partial charge in [-0.05, 0) is 37.2 Å². The molecule has 0 saturated heterocycles. The van der Waals surface area contributed by atoms with Crippen LogP contribution < -0.4 is 0 Å². The number of carbonyl (C=O) groups is 2. The Bertz CT molecular complexity index is 306. The first-order valence-corrected chi connectivity index (χ1v) is 5.49. The highest BCUT2D eigenvalue weighted by Crippen LogP contribution is 2.39. The van der Waals surface area contributed by atoms with Crippen LogP contribution >= 0.6 is 0 Å². The van der Waals surface area contributed by atoms with Crippen molar-refractivity contribution in [3.05, 3.63) is 12.2 Å². The van der Waals surface area contributed by atoms with Gasteiger partial charge in [-0.2, -0.15) is 0 Å². The van der Waals surface area contributed by atoms with Crippen LogP contribution in [0.5, 0.6) is 0 Å². The van der Waals surface area contributed by atoms with E-state index in [2.05, 4.69) is 4.74 Å². The molecule has 2 aliphatic carbocycles. The molecule has 0 amide bonds. The first-order chi connectivity index (χ1) is 7.20. The lowest BCUT2D eigenvalue weighted by Crippen LogP contribution is -2.34. The van der Waals surface area contributed by atoms with Crippen molar-refractivity contribution in [1.82, 2.24) is 0 Å². The van der Waals surface area contributed by atoms with Crippen LogP contribution in [-0.2, 0) is 14.3 Å². The minimum absolute atomic E-state index is 0.0628. The Kier molecular flexibility index (Phi) is 2.89. The van der Waals surface area contributed by atoms with E-state index in [0.717, 1.165) is 19.3 Å². The number of methoxy groups -OCH3 is 1. The van der Waals surface area contributed by atoms with E-state index >= 15 is 0 Å². The Morgan fingerprint density at radius 3 is 3.07 bits per heavy atom. The quantitative estimate of drug-likeness (QED) is 0.649. The molecule has 0 N–H and O–H groups in total. The molecule has 0 radical (unpaired) electrons. The summed E-state index contributed by atoms with van der Waals surface area (Å²) in [5.74, 6) is 0.821. The van der Waals surface area contributed by atoms with Gasteiger partial charge in [0.05, 0.1) is 7.11 Å². The molecule has 3 nitrogen and oxygen atoms in total. The lowest BCUT2D eigenvalue weighted by molar-refractivity contribution is -0.143. The highest BCUT2D eigenvalue weighted by Gasteiger charge is 2.36. The molecule has 0 aromatic heterocycles. The van der Waals surface area contributed by atoms with E-state index in [1.807, 2.05) is 6.08 Å². The summed E-state index contributed by atoms with van der Waals surface area (Å²) in [6.07, 6.45) is 7.11. The molecular weight excluding hydrogens is 192 g/mol. The molecule has 0 heterocycles. The minimum atomic E-state index is -0.194. The van der Waals surface area contributed by atoms with Gasteiger partial charge in [-0.25, -0.2) is 0 Å². The van der Waals surface area contributed by atoms with E-state index in [-0.39, 0.29) is 23.6 Å². The second-order valence-corrected chi connectivity index (χ2v) is 4.48. The van der Waals surface area contributed by atoms with Crippen molar-refractivity contribution in [2.45, 2.75) is 25.7 Å². The molecule has 1 saturated carbocycles. The van der Waals surface area contributed by atoms with Crippen molar-refractivity contribution in [2.24, 2.45) is 17.8 Å². The molecule has 3 heteroatoms. The van der Waals surface area contributed by atoms with Crippen LogP contribution in [0.3, 0.4) is 0 Å². The highest BCUT2D eigenvalue weighted by molar-refractivity contribution is 5.93. The van der Waals surface area contributed by atoms with E-state index in [1.165, 1.54) is 7.11 Å². The third kappa shape index (κ3) is 2.11. The van der Waals surface area contributed by atoms with E-state index in [1.54, 1.807) is 6.08 Å². The standard InChI is InChI=1S/C12H16O3/c1-15-12(14)7-9-4-2-8-3-5-11(13)10(9)6-8/h3,5,8-10H,2,4,6-7H2,1H3/t8-,9?,10+/m1/s1. The molecule has 82 valence electrons. The van der Waals surface area contributed by atoms with Crippen molar-refractivity contribution in [1.29, 1.82) is 0 Å². The van der Waals surface area contributed by atoms with E-state index in [9.17, 15) is 9.59 Å². The molecule has 0 aromatic rings. The summed E-state index contributed by atoms with van der Waals surface area (Å²) >= 11 is 0. The van der Waals surface area contributed by atoms with Crippen molar-refractivity contribution in [2.75, 3.05) is 7.11 Å². The third-order valence-electron chi connectivity index (χ3n) is 3.59. The largest absolute Gasteiger partial charge is 0.469 e. The summed E-state index contributed by atoms with van der Waals surface area (Å²) in [5, 5.41) is 0. The lowest BCUT2D eigenvalue weighted by atomic mass is 9.68. The highest BCUT2D eigenvalue weighted by atomic mass is 16.5. The van der Waals surface area contributed by atoms with Gasteiger partial charge in [0.1, 0.15) is 0 Å². The molecule has 2 rings (SSSR count). The molecule has 1 fully saturated rings. The van der Waals surface area contributed by atoms with Crippen LogP contribution in [-0.4, -0.2) is 18.9 Å². The number of esters is 1. The van der Waals surface area contributed by atoms with Gasteiger partial charge in [-0.1, -0.05) is 6.08 Å². The molecule has 1 unspecified atom stereocenters. The topological polar surface area (TPSA) is 43.4 Å². The van der Waals surface area contributed by atoms with Crippen LogP contribution in [0.25, 0.3) is 0 Å². The maximum atomic E-state index is 11.6. The Labute approximate surface area is 89.5 Å². The summed E-state index contributed by atoms with van der Waals surface area (Å²) in [4.78, 5) is 22.8. The second kappa shape index (κ2) is 4.17. The Balaban J connectivity index is 2.05. The van der Waals surface area contributed by atoms with Crippen LogP contribution in [0.4, 0.5) is 0 Å². The summed E-state index contributed by atoms with van der Waals surface area (Å²) < 4.78 is 4.66. The number of hydrogen-bond donors (Lipinski definition) is 0. The smallest absolute Gasteiger partial charge is 0.305 e. The van der Waals surface area contributed by atoms with Gasteiger partial charge in [0, 0.05) is 12.3 Å². The zero-order valence-corrected chi connectivity index (χ0v) is 8.94. The first kappa shape index (κ1) is 10.4. The molecule has 15 heavy (non-hydrogen) atoms. The summed E-state index contributed by atoms with van der Waals surface area (Å²) in [5.41, 5.74) is 0. The van der Waals surface area contributed by atoms with Gasteiger partial charge in [0.2, 0.25) is 0 Å². The molecule has 3 atom stereocenters. The third-order valence-corrected chi connectivity index (χ3v) is 3.59. The van der Waals surface area contributed by atoms with Crippen molar-refractivity contribution in [3.63, 3.8) is 0 Å². The predicted molar refractivity (Wildman–Crippen MR) is 55.1 cm³/mol. The summed E-state index contributed by atoms with van der Waals surface area (Å²) in [6, 6.07) is 0. The van der Waals surface area contributed by atoms with Crippen LogP contribution in [0.2, 0.25) is 0 Å². The number of fused-ring (bicyclic) bond motifs is 2. The van der Waals surface area contributed by atoms with Crippen LogP contribution in [0, 0.1) is 17.8 Å². The SMILES string of the molecule is COC(=O)CC1CC[C@@H]2C=CC(=O)[C@H]1C2. The van der Waals surface area contributed by atoms with Gasteiger partial charge in [0.25, 0.3) is 0 Å². The number of hydrogen-bond acceptors (Lipinski definition) is 3. The average Bonchev–Trinajstić information content (AvgIpc) is 2.26. The van der Waals surface area contributed by atoms with Gasteiger partial charge in [-0.15, -0.1) is 0 Å². The molecule has 2 bridgehead atoms. The Morgan fingerprint density at radius 1 is 1.53 bits per heavy atom. The first-order valence-electron chi connectivity index (χ1n) is 5.49.